The van der Waals surface area contributed by atoms with Crippen LogP contribution in [-0.2, 0) is 39.0 Å². The molecule has 0 unspecified atom stereocenters. The van der Waals surface area contributed by atoms with Gasteiger partial charge in [-0.1, -0.05) is 85.3 Å². The second kappa shape index (κ2) is 15.3. The third-order valence-electron chi connectivity index (χ3n) is 7.79. The molecule has 0 aliphatic rings. The largest absolute Gasteiger partial charge is 0.497 e. The molecule has 0 aliphatic heterocycles. The SMILES string of the molecule is CCc1ccccc1N(CC(=O)N(Cc1cccc(OC)c1)[C@@H](Cc1ccccc1)C(=O)NC(C)(C)C)S(=O)(=O)c1ccc(C)cc1. The van der Waals surface area contributed by atoms with Crippen molar-refractivity contribution in [1.82, 2.24) is 10.2 Å². The van der Waals surface area contributed by atoms with E-state index in [1.165, 1.54) is 9.21 Å². The van der Waals surface area contributed by atoms with Gasteiger partial charge in [-0.15, -0.1) is 0 Å². The van der Waals surface area contributed by atoms with Gasteiger partial charge in [0.1, 0.15) is 18.3 Å². The van der Waals surface area contributed by atoms with Crippen molar-refractivity contribution < 1.29 is 22.7 Å². The molecule has 1 atom stereocenters. The second-order valence-electron chi connectivity index (χ2n) is 12.6. The Morgan fingerprint density at radius 3 is 2.13 bits per heavy atom. The van der Waals surface area contributed by atoms with Gasteiger partial charge >= 0.3 is 0 Å². The molecule has 0 aromatic heterocycles. The van der Waals surface area contributed by atoms with E-state index in [1.807, 2.05) is 95.3 Å². The van der Waals surface area contributed by atoms with Crippen LogP contribution in [0.25, 0.3) is 0 Å². The summed E-state index contributed by atoms with van der Waals surface area (Å²) in [6, 6.07) is 29.6. The Bertz CT molecular complexity index is 1770. The molecule has 0 aliphatic carbocycles. The number of ether oxygens (including phenoxy) is 1. The summed E-state index contributed by atoms with van der Waals surface area (Å²) in [5.74, 6) is -0.243. The first-order valence-electron chi connectivity index (χ1n) is 15.8. The van der Waals surface area contributed by atoms with Gasteiger partial charge in [-0.05, 0) is 81.1 Å². The summed E-state index contributed by atoms with van der Waals surface area (Å²) >= 11 is 0. The van der Waals surface area contributed by atoms with Crippen molar-refractivity contribution in [2.75, 3.05) is 18.0 Å². The first-order valence-corrected chi connectivity index (χ1v) is 17.2. The molecule has 248 valence electrons. The summed E-state index contributed by atoms with van der Waals surface area (Å²) in [5.41, 5.74) is 3.15. The van der Waals surface area contributed by atoms with E-state index in [0.29, 0.717) is 17.9 Å². The molecular formula is C38H45N3O5S. The molecule has 0 bridgehead atoms. The van der Waals surface area contributed by atoms with Crippen molar-refractivity contribution in [2.45, 2.75) is 70.5 Å². The summed E-state index contributed by atoms with van der Waals surface area (Å²) < 4.78 is 35.3. The van der Waals surface area contributed by atoms with Crippen molar-refractivity contribution in [3.63, 3.8) is 0 Å². The number of sulfonamides is 1. The van der Waals surface area contributed by atoms with Crippen LogP contribution < -0.4 is 14.4 Å². The zero-order chi connectivity index (χ0) is 34.2. The minimum atomic E-state index is -4.18. The normalized spacial score (nSPS) is 12.2. The van der Waals surface area contributed by atoms with E-state index >= 15 is 0 Å². The van der Waals surface area contributed by atoms with Gasteiger partial charge in [0.15, 0.2) is 0 Å². The molecule has 2 amide bonds. The Balaban J connectivity index is 1.85. The molecule has 0 heterocycles. The number of benzene rings is 4. The van der Waals surface area contributed by atoms with Crippen LogP contribution in [0.5, 0.6) is 5.75 Å². The average molecular weight is 656 g/mol. The summed E-state index contributed by atoms with van der Waals surface area (Å²) in [7, 11) is -2.62. The van der Waals surface area contributed by atoms with Crippen molar-refractivity contribution >= 4 is 27.5 Å². The number of amides is 2. The summed E-state index contributed by atoms with van der Waals surface area (Å²) in [5, 5.41) is 3.06. The summed E-state index contributed by atoms with van der Waals surface area (Å²) in [4.78, 5) is 30.4. The van der Waals surface area contributed by atoms with Crippen LogP contribution in [0.15, 0.2) is 108 Å². The first kappa shape index (κ1) is 35.2. The maximum absolute atomic E-state index is 14.7. The Labute approximate surface area is 279 Å². The molecule has 0 saturated carbocycles. The van der Waals surface area contributed by atoms with Crippen molar-refractivity contribution in [3.8, 4) is 5.75 Å². The van der Waals surface area contributed by atoms with Gasteiger partial charge < -0.3 is 15.0 Å². The van der Waals surface area contributed by atoms with Gasteiger partial charge in [0.05, 0.1) is 17.7 Å². The van der Waals surface area contributed by atoms with E-state index in [-0.39, 0.29) is 23.8 Å². The highest BCUT2D eigenvalue weighted by Crippen LogP contribution is 2.29. The molecule has 4 aromatic rings. The third-order valence-corrected chi connectivity index (χ3v) is 9.56. The average Bonchev–Trinajstić information content (AvgIpc) is 3.05. The lowest BCUT2D eigenvalue weighted by Crippen LogP contribution is -2.56. The van der Waals surface area contributed by atoms with Crippen molar-refractivity contribution in [3.05, 3.63) is 125 Å². The molecule has 1 N–H and O–H groups in total. The fourth-order valence-electron chi connectivity index (χ4n) is 5.38. The number of anilines is 1. The van der Waals surface area contributed by atoms with E-state index < -0.39 is 34.1 Å². The van der Waals surface area contributed by atoms with Crippen LogP contribution in [0.4, 0.5) is 5.69 Å². The van der Waals surface area contributed by atoms with Crippen LogP contribution in [0.3, 0.4) is 0 Å². The number of carbonyl (C=O) groups excluding carboxylic acids is 2. The highest BCUT2D eigenvalue weighted by molar-refractivity contribution is 7.92. The smallest absolute Gasteiger partial charge is 0.264 e. The van der Waals surface area contributed by atoms with Crippen LogP contribution >= 0.6 is 0 Å². The lowest BCUT2D eigenvalue weighted by Gasteiger charge is -2.35. The molecular weight excluding hydrogens is 611 g/mol. The van der Waals surface area contributed by atoms with Gasteiger partial charge in [0.2, 0.25) is 11.8 Å². The number of nitrogens with zero attached hydrogens (tertiary/aromatic N) is 2. The van der Waals surface area contributed by atoms with Crippen LogP contribution in [-0.4, -0.2) is 50.4 Å². The monoisotopic (exact) mass is 655 g/mol. The van der Waals surface area contributed by atoms with Gasteiger partial charge in [-0.2, -0.15) is 0 Å². The maximum atomic E-state index is 14.7. The number of carbonyl (C=O) groups is 2. The highest BCUT2D eigenvalue weighted by Gasteiger charge is 2.36. The van der Waals surface area contributed by atoms with Crippen molar-refractivity contribution in [1.29, 1.82) is 0 Å². The molecule has 0 fully saturated rings. The molecule has 0 radical (unpaired) electrons. The molecule has 47 heavy (non-hydrogen) atoms. The predicted octanol–water partition coefficient (Wildman–Crippen LogP) is 6.32. The zero-order valence-corrected chi connectivity index (χ0v) is 28.9. The first-order chi connectivity index (χ1) is 22.3. The van der Waals surface area contributed by atoms with Gasteiger partial charge in [-0.3, -0.25) is 13.9 Å². The Morgan fingerprint density at radius 2 is 1.49 bits per heavy atom. The number of methoxy groups -OCH3 is 1. The van der Waals surface area contributed by atoms with E-state index in [4.69, 9.17) is 4.74 Å². The number of nitrogens with one attached hydrogen (secondary N) is 1. The number of rotatable bonds is 13. The van der Waals surface area contributed by atoms with E-state index in [9.17, 15) is 18.0 Å². The highest BCUT2D eigenvalue weighted by atomic mass is 32.2. The Hall–Kier alpha value is -4.63. The zero-order valence-electron chi connectivity index (χ0n) is 28.1. The lowest BCUT2D eigenvalue weighted by atomic mass is 10.0. The topological polar surface area (TPSA) is 96.0 Å². The minimum Gasteiger partial charge on any atom is -0.497 e. The molecule has 0 saturated heterocycles. The number of hydrogen-bond acceptors (Lipinski definition) is 5. The fourth-order valence-corrected chi connectivity index (χ4v) is 6.83. The van der Waals surface area contributed by atoms with Gasteiger partial charge in [-0.25, -0.2) is 8.42 Å². The van der Waals surface area contributed by atoms with E-state index in [0.717, 1.165) is 22.3 Å². The van der Waals surface area contributed by atoms with Crippen LogP contribution in [0.2, 0.25) is 0 Å². The fraction of sp³-hybridized carbons (Fsp3) is 0.316. The quantitative estimate of drug-likeness (QED) is 0.182. The Kier molecular flexibility index (Phi) is 11.5. The van der Waals surface area contributed by atoms with Crippen molar-refractivity contribution in [2.24, 2.45) is 0 Å². The molecule has 0 spiro atoms. The van der Waals surface area contributed by atoms with Gasteiger partial charge in [0.25, 0.3) is 10.0 Å². The number of hydrogen-bond donors (Lipinski definition) is 1. The van der Waals surface area contributed by atoms with E-state index in [2.05, 4.69) is 5.32 Å². The maximum Gasteiger partial charge on any atom is 0.264 e. The van der Waals surface area contributed by atoms with E-state index in [1.54, 1.807) is 49.6 Å². The summed E-state index contributed by atoms with van der Waals surface area (Å²) in [6.45, 7) is 9.03. The number of aryl methyl sites for hydroxylation is 2. The number of para-hydroxylation sites is 1. The minimum absolute atomic E-state index is 0.0545. The molecule has 8 nitrogen and oxygen atoms in total. The van der Waals surface area contributed by atoms with Crippen LogP contribution in [0, 0.1) is 6.92 Å². The Morgan fingerprint density at radius 1 is 0.851 bits per heavy atom. The summed E-state index contributed by atoms with van der Waals surface area (Å²) in [6.07, 6.45) is 0.789. The molecule has 9 heteroatoms. The molecule has 4 rings (SSSR count). The predicted molar refractivity (Wildman–Crippen MR) is 187 cm³/mol. The third kappa shape index (κ3) is 9.23. The molecule has 4 aromatic carbocycles. The van der Waals surface area contributed by atoms with Crippen LogP contribution in [0.1, 0.15) is 49.9 Å². The van der Waals surface area contributed by atoms with Gasteiger partial charge in [0, 0.05) is 18.5 Å². The standard InChI is InChI=1S/C38H45N3O5S/c1-7-31-17-11-12-19-34(31)41(47(44,45)33-22-20-28(2)21-23-33)27-36(42)40(26-30-16-13-18-32(24-30)46-6)35(37(43)39-38(3,4)5)25-29-14-9-8-10-15-29/h8-24,35H,7,25-27H2,1-6H3,(H,39,43)/t35-/m0/s1. The second-order valence-corrected chi connectivity index (χ2v) is 14.5. The lowest BCUT2D eigenvalue weighted by molar-refractivity contribution is -0.140.